The van der Waals surface area contributed by atoms with Gasteiger partial charge in [0.15, 0.2) is 0 Å². The van der Waals surface area contributed by atoms with Gasteiger partial charge in [0.2, 0.25) is 0 Å². The zero-order chi connectivity index (χ0) is 9.97. The summed E-state index contributed by atoms with van der Waals surface area (Å²) in [6.07, 6.45) is 0. The summed E-state index contributed by atoms with van der Waals surface area (Å²) in [7, 11) is 3.95. The molecule has 5 heteroatoms. The van der Waals surface area contributed by atoms with E-state index in [0.29, 0.717) is 6.61 Å². The van der Waals surface area contributed by atoms with Crippen molar-refractivity contribution in [1.29, 1.82) is 0 Å². The van der Waals surface area contributed by atoms with Crippen LogP contribution in [-0.4, -0.2) is 14.4 Å². The highest BCUT2D eigenvalue weighted by Crippen LogP contribution is 2.47. The Balaban J connectivity index is 2.20. The third-order valence-electron chi connectivity index (χ3n) is 1.96. The van der Waals surface area contributed by atoms with Gasteiger partial charge in [-0.15, -0.1) is 0 Å². The summed E-state index contributed by atoms with van der Waals surface area (Å²) in [6, 6.07) is 5.97. The minimum Gasteiger partial charge on any atom is -0.426 e. The summed E-state index contributed by atoms with van der Waals surface area (Å²) in [5, 5.41) is 0. The van der Waals surface area contributed by atoms with Crippen molar-refractivity contribution < 1.29 is 13.6 Å². The molecular weight excluding hydrogens is 198 g/mol. The Hall–Kier alpha value is -0.565. The summed E-state index contributed by atoms with van der Waals surface area (Å²) in [4.78, 5) is 0. The van der Waals surface area contributed by atoms with E-state index in [-0.39, 0.29) is 6.51 Å². The smallest absolute Gasteiger partial charge is 0.396 e. The molecule has 1 aliphatic rings. The maximum atomic E-state index is 5.54. The molecule has 1 aliphatic heterocycles. The topological polar surface area (TPSA) is 27.7 Å². The van der Waals surface area contributed by atoms with Crippen molar-refractivity contribution in [2.45, 2.75) is 13.5 Å². The van der Waals surface area contributed by atoms with Crippen molar-refractivity contribution in [3.63, 3.8) is 0 Å². The van der Waals surface area contributed by atoms with Gasteiger partial charge < -0.3 is 9.05 Å². The Kier molecular flexibility index (Phi) is 3.07. The highest BCUT2D eigenvalue weighted by atomic mass is 31.2. The van der Waals surface area contributed by atoms with Crippen molar-refractivity contribution in [3.05, 3.63) is 29.3 Å². The molecular formula is C9H10BO3P. The van der Waals surface area contributed by atoms with Crippen molar-refractivity contribution in [1.82, 2.24) is 0 Å². The van der Waals surface area contributed by atoms with Crippen LogP contribution in [0, 0.1) is 6.92 Å². The normalized spacial score (nSPS) is 19.9. The van der Waals surface area contributed by atoms with E-state index in [1.54, 1.807) is 0 Å². The molecule has 14 heavy (non-hydrogen) atoms. The van der Waals surface area contributed by atoms with Crippen LogP contribution in [0.3, 0.4) is 0 Å². The zero-order valence-electron chi connectivity index (χ0n) is 7.90. The van der Waals surface area contributed by atoms with Crippen LogP contribution in [0.2, 0.25) is 0 Å². The molecule has 1 aromatic rings. The van der Waals surface area contributed by atoms with E-state index in [0.717, 1.165) is 16.9 Å². The molecule has 1 atom stereocenters. The fourth-order valence-electron chi connectivity index (χ4n) is 1.31. The minimum absolute atomic E-state index is 0.118. The van der Waals surface area contributed by atoms with Gasteiger partial charge in [0.05, 0.1) is 6.61 Å². The summed E-state index contributed by atoms with van der Waals surface area (Å²) in [5.41, 5.74) is 2.16. The van der Waals surface area contributed by atoms with Gasteiger partial charge in [0.25, 0.3) is 0 Å². The lowest BCUT2D eigenvalue weighted by atomic mass is 10.1. The van der Waals surface area contributed by atoms with Crippen LogP contribution in [0.5, 0.6) is 5.75 Å². The Labute approximate surface area is 85.8 Å². The second-order valence-electron chi connectivity index (χ2n) is 2.95. The second-order valence-corrected chi connectivity index (χ2v) is 4.09. The number of fused-ring (bicyclic) bond motifs is 1. The second kappa shape index (κ2) is 4.30. The number of rotatable bonds is 2. The van der Waals surface area contributed by atoms with E-state index in [2.05, 4.69) is 0 Å². The summed E-state index contributed by atoms with van der Waals surface area (Å²) in [6.45, 7) is 2.65. The average molecular weight is 208 g/mol. The Morgan fingerprint density at radius 3 is 3.21 bits per heavy atom. The van der Waals surface area contributed by atoms with Gasteiger partial charge in [-0.3, -0.25) is 4.52 Å². The summed E-state index contributed by atoms with van der Waals surface area (Å²) >= 11 is 0. The lowest BCUT2D eigenvalue weighted by Gasteiger charge is -2.24. The van der Waals surface area contributed by atoms with Crippen molar-refractivity contribution in [2.24, 2.45) is 0 Å². The summed E-state index contributed by atoms with van der Waals surface area (Å²) in [5.74, 6) is 0.873. The molecule has 0 aromatic heterocycles. The van der Waals surface area contributed by atoms with Crippen LogP contribution in [0.1, 0.15) is 11.1 Å². The number of hydrogen-bond acceptors (Lipinski definition) is 3. The van der Waals surface area contributed by atoms with Gasteiger partial charge in [-0.2, -0.15) is 0 Å². The molecule has 0 saturated carbocycles. The molecule has 0 amide bonds. The Bertz CT molecular complexity index is 332. The quantitative estimate of drug-likeness (QED) is 0.551. The fraction of sp³-hybridized carbons (Fsp3) is 0.333. The lowest BCUT2D eigenvalue weighted by molar-refractivity contribution is 0.199. The van der Waals surface area contributed by atoms with E-state index in [9.17, 15) is 0 Å². The van der Waals surface area contributed by atoms with Crippen LogP contribution >= 0.6 is 8.60 Å². The Morgan fingerprint density at radius 1 is 1.57 bits per heavy atom. The molecule has 72 valence electrons. The maximum absolute atomic E-state index is 5.54. The fourth-order valence-corrected chi connectivity index (χ4v) is 2.26. The third kappa shape index (κ3) is 1.92. The van der Waals surface area contributed by atoms with Gasteiger partial charge in [0.1, 0.15) is 13.6 Å². The number of aryl methyl sites for hydroxylation is 1. The first kappa shape index (κ1) is 9.97. The van der Waals surface area contributed by atoms with E-state index < -0.39 is 8.60 Å². The van der Waals surface area contributed by atoms with Gasteiger partial charge in [-0.05, 0) is 12.5 Å². The van der Waals surface area contributed by atoms with Crippen LogP contribution < -0.4 is 4.52 Å². The average Bonchev–Trinajstić information content (AvgIpc) is 2.20. The number of para-hydroxylation sites is 1. The van der Waals surface area contributed by atoms with Crippen molar-refractivity contribution in [2.75, 3.05) is 6.51 Å². The molecule has 3 nitrogen and oxygen atoms in total. The SMILES string of the molecule is [B]COP1OCc2cccc(C)c2O1. The van der Waals surface area contributed by atoms with E-state index in [4.69, 9.17) is 21.4 Å². The molecule has 1 aromatic carbocycles. The maximum Gasteiger partial charge on any atom is 0.396 e. The van der Waals surface area contributed by atoms with E-state index in [1.807, 2.05) is 25.1 Å². The van der Waals surface area contributed by atoms with Gasteiger partial charge in [-0.1, -0.05) is 18.2 Å². The third-order valence-corrected chi connectivity index (χ3v) is 3.00. The molecule has 0 saturated heterocycles. The molecule has 1 unspecified atom stereocenters. The molecule has 1 heterocycles. The first-order valence-electron chi connectivity index (χ1n) is 4.34. The highest BCUT2D eigenvalue weighted by Gasteiger charge is 2.23. The summed E-state index contributed by atoms with van der Waals surface area (Å²) < 4.78 is 16.0. The Morgan fingerprint density at radius 2 is 2.43 bits per heavy atom. The zero-order valence-corrected chi connectivity index (χ0v) is 8.79. The molecule has 0 aliphatic carbocycles. The monoisotopic (exact) mass is 208 g/mol. The van der Waals surface area contributed by atoms with Crippen LogP contribution in [0.15, 0.2) is 18.2 Å². The highest BCUT2D eigenvalue weighted by molar-refractivity contribution is 7.42. The molecule has 0 N–H and O–H groups in total. The minimum atomic E-state index is -1.30. The van der Waals surface area contributed by atoms with Crippen molar-refractivity contribution >= 4 is 16.4 Å². The number of hydrogen-bond donors (Lipinski definition) is 0. The molecule has 0 bridgehead atoms. The van der Waals surface area contributed by atoms with Crippen LogP contribution in [0.25, 0.3) is 0 Å². The van der Waals surface area contributed by atoms with Gasteiger partial charge >= 0.3 is 8.60 Å². The first-order valence-corrected chi connectivity index (χ1v) is 5.43. The predicted molar refractivity (Wildman–Crippen MR) is 55.2 cm³/mol. The standard InChI is InChI=1S/C9H10BO3P/c1-7-3-2-4-8-5-11-14(12-6-10)13-9(7)8/h2-4H,5-6H2,1H3. The number of benzene rings is 1. The predicted octanol–water partition coefficient (Wildman–Crippen LogP) is 2.27. The van der Waals surface area contributed by atoms with Crippen molar-refractivity contribution in [3.8, 4) is 5.75 Å². The van der Waals surface area contributed by atoms with Gasteiger partial charge in [0, 0.05) is 12.1 Å². The first-order chi connectivity index (χ1) is 6.81. The molecule has 2 radical (unpaired) electrons. The van der Waals surface area contributed by atoms with E-state index >= 15 is 0 Å². The molecule has 0 spiro atoms. The van der Waals surface area contributed by atoms with Gasteiger partial charge in [-0.25, -0.2) is 0 Å². The van der Waals surface area contributed by atoms with E-state index in [1.165, 1.54) is 0 Å². The lowest BCUT2D eigenvalue weighted by Crippen LogP contribution is -2.07. The molecule has 2 rings (SSSR count). The van der Waals surface area contributed by atoms with Crippen LogP contribution in [-0.2, 0) is 15.7 Å². The van der Waals surface area contributed by atoms with Crippen LogP contribution in [0.4, 0.5) is 0 Å². The largest absolute Gasteiger partial charge is 0.426 e. The molecule has 0 fully saturated rings.